The van der Waals surface area contributed by atoms with Gasteiger partial charge < -0.3 is 0 Å². The molecular weight excluding hydrogens is 251 g/mol. The van der Waals surface area contributed by atoms with Crippen molar-refractivity contribution in [3.05, 3.63) is 54.6 Å². The SMILES string of the molecule is [Zr][O]c1ccc(-c2ccccc2)cc1. The van der Waals surface area contributed by atoms with Crippen molar-refractivity contribution >= 4 is 0 Å². The summed E-state index contributed by atoms with van der Waals surface area (Å²) in [5, 5.41) is 0. The molecular formula is C12H9OZr. The van der Waals surface area contributed by atoms with Gasteiger partial charge in [0.05, 0.1) is 0 Å². The van der Waals surface area contributed by atoms with Crippen molar-refractivity contribution < 1.29 is 28.0 Å². The van der Waals surface area contributed by atoms with Gasteiger partial charge in [0.1, 0.15) is 0 Å². The molecule has 2 aromatic carbocycles. The Bertz CT molecular complexity index is 394. The van der Waals surface area contributed by atoms with Gasteiger partial charge in [-0.2, -0.15) is 0 Å². The number of benzene rings is 2. The van der Waals surface area contributed by atoms with Gasteiger partial charge in [-0.3, -0.25) is 0 Å². The Morgan fingerprint density at radius 3 is 1.86 bits per heavy atom. The predicted octanol–water partition coefficient (Wildman–Crippen LogP) is 3.19. The first-order valence-corrected chi connectivity index (χ1v) is 5.39. The minimum absolute atomic E-state index is 0.933. The summed E-state index contributed by atoms with van der Waals surface area (Å²) >= 11 is 1.07. The number of rotatable bonds is 2. The molecule has 2 heteroatoms. The summed E-state index contributed by atoms with van der Waals surface area (Å²) in [6.45, 7) is 0. The van der Waals surface area contributed by atoms with Crippen LogP contribution in [0.3, 0.4) is 0 Å². The van der Waals surface area contributed by atoms with Crippen LogP contribution in [-0.4, -0.2) is 0 Å². The molecule has 0 saturated carbocycles. The molecule has 0 aromatic heterocycles. The fourth-order valence-corrected chi connectivity index (χ4v) is 1.68. The standard InChI is InChI=1S/C12H10O.Zr/c13-12-8-6-11(7-9-12)10-4-2-1-3-5-10;/h1-9,13H;/q;+1/p-1. The van der Waals surface area contributed by atoms with Crippen molar-refractivity contribution in [3.63, 3.8) is 0 Å². The van der Waals surface area contributed by atoms with E-state index in [0.717, 1.165) is 30.9 Å². The first-order valence-electron chi connectivity index (χ1n) is 4.39. The number of hydrogen-bond acceptors (Lipinski definition) is 1. The van der Waals surface area contributed by atoms with Crippen LogP contribution >= 0.6 is 0 Å². The summed E-state index contributed by atoms with van der Waals surface area (Å²) in [5.74, 6) is 0.933. The molecule has 0 heterocycles. The molecule has 0 radical (unpaired) electrons. The Labute approximate surface area is 99.2 Å². The van der Waals surface area contributed by atoms with Gasteiger partial charge in [-0.15, -0.1) is 0 Å². The Kier molecular flexibility index (Phi) is 3.15. The van der Waals surface area contributed by atoms with E-state index in [-0.39, 0.29) is 0 Å². The Morgan fingerprint density at radius 1 is 0.714 bits per heavy atom. The average Bonchev–Trinajstić information content (AvgIpc) is 2.30. The van der Waals surface area contributed by atoms with Crippen LogP contribution in [0.5, 0.6) is 5.75 Å². The zero-order chi connectivity index (χ0) is 9.80. The zero-order valence-electron chi connectivity index (χ0n) is 7.60. The third-order valence-electron chi connectivity index (χ3n) is 2.08. The first-order chi connectivity index (χ1) is 6.90. The first kappa shape index (κ1) is 9.67. The second kappa shape index (κ2) is 4.57. The molecule has 2 rings (SSSR count). The van der Waals surface area contributed by atoms with Crippen LogP contribution in [-0.2, 0) is 25.2 Å². The van der Waals surface area contributed by atoms with Crippen molar-refractivity contribution in [3.8, 4) is 16.9 Å². The third-order valence-corrected chi connectivity index (χ3v) is 2.66. The van der Waals surface area contributed by atoms with Gasteiger partial charge in [0.25, 0.3) is 0 Å². The molecule has 0 saturated heterocycles. The van der Waals surface area contributed by atoms with Crippen molar-refractivity contribution in [1.82, 2.24) is 0 Å². The monoisotopic (exact) mass is 259 g/mol. The molecule has 67 valence electrons. The molecule has 0 spiro atoms. The predicted molar refractivity (Wildman–Crippen MR) is 52.5 cm³/mol. The molecule has 1 nitrogen and oxygen atoms in total. The molecule has 0 aliphatic rings. The van der Waals surface area contributed by atoms with E-state index in [1.54, 1.807) is 0 Å². The van der Waals surface area contributed by atoms with Crippen molar-refractivity contribution in [2.45, 2.75) is 0 Å². The fraction of sp³-hybridized carbons (Fsp3) is 0. The van der Waals surface area contributed by atoms with Crippen molar-refractivity contribution in [1.29, 1.82) is 0 Å². The maximum absolute atomic E-state index is 5.20. The van der Waals surface area contributed by atoms with Crippen molar-refractivity contribution in [2.24, 2.45) is 0 Å². The van der Waals surface area contributed by atoms with Crippen LogP contribution < -0.4 is 2.81 Å². The molecule has 0 aliphatic heterocycles. The Hall–Kier alpha value is -0.877. The summed E-state index contributed by atoms with van der Waals surface area (Å²) in [4.78, 5) is 0. The minimum atomic E-state index is 0.933. The summed E-state index contributed by atoms with van der Waals surface area (Å²) in [7, 11) is 0. The third kappa shape index (κ3) is 2.13. The topological polar surface area (TPSA) is 9.23 Å². The Morgan fingerprint density at radius 2 is 1.29 bits per heavy atom. The van der Waals surface area contributed by atoms with Crippen molar-refractivity contribution in [2.75, 3.05) is 0 Å². The molecule has 0 unspecified atom stereocenters. The second-order valence-corrected chi connectivity index (χ2v) is 3.49. The van der Waals surface area contributed by atoms with Crippen LogP contribution in [0.2, 0.25) is 0 Å². The van der Waals surface area contributed by atoms with Gasteiger partial charge in [-0.05, 0) is 0 Å². The van der Waals surface area contributed by atoms with Gasteiger partial charge in [-0.1, -0.05) is 0 Å². The quantitative estimate of drug-likeness (QED) is 0.806. The van der Waals surface area contributed by atoms with Gasteiger partial charge in [0, 0.05) is 0 Å². The maximum atomic E-state index is 5.20. The summed E-state index contributed by atoms with van der Waals surface area (Å²) in [5.41, 5.74) is 2.46. The molecule has 14 heavy (non-hydrogen) atoms. The van der Waals surface area contributed by atoms with Gasteiger partial charge in [0.2, 0.25) is 0 Å². The molecule has 0 fully saturated rings. The molecule has 0 amide bonds. The van der Waals surface area contributed by atoms with Gasteiger partial charge >= 0.3 is 99.4 Å². The van der Waals surface area contributed by atoms with E-state index in [9.17, 15) is 0 Å². The Balaban J connectivity index is 2.34. The van der Waals surface area contributed by atoms with Crippen LogP contribution in [0.25, 0.3) is 11.1 Å². The van der Waals surface area contributed by atoms with Gasteiger partial charge in [0.15, 0.2) is 0 Å². The molecule has 0 atom stereocenters. The average molecular weight is 260 g/mol. The van der Waals surface area contributed by atoms with E-state index >= 15 is 0 Å². The van der Waals surface area contributed by atoms with E-state index in [1.165, 1.54) is 11.1 Å². The van der Waals surface area contributed by atoms with E-state index < -0.39 is 0 Å². The summed E-state index contributed by atoms with van der Waals surface area (Å²) in [6, 6.07) is 18.5. The summed E-state index contributed by atoms with van der Waals surface area (Å²) < 4.78 is 5.20. The molecule has 0 aliphatic carbocycles. The van der Waals surface area contributed by atoms with Crippen LogP contribution in [0.15, 0.2) is 54.6 Å². The molecule has 0 N–H and O–H groups in total. The van der Waals surface area contributed by atoms with Crippen LogP contribution in [0.4, 0.5) is 0 Å². The van der Waals surface area contributed by atoms with E-state index in [1.807, 2.05) is 30.3 Å². The van der Waals surface area contributed by atoms with E-state index in [2.05, 4.69) is 24.3 Å². The van der Waals surface area contributed by atoms with E-state index in [4.69, 9.17) is 2.81 Å². The van der Waals surface area contributed by atoms with Crippen LogP contribution in [0.1, 0.15) is 0 Å². The molecule has 2 aromatic rings. The molecule has 0 bridgehead atoms. The summed E-state index contributed by atoms with van der Waals surface area (Å²) in [6.07, 6.45) is 0. The number of hydrogen-bond donors (Lipinski definition) is 0. The zero-order valence-corrected chi connectivity index (χ0v) is 10.1. The van der Waals surface area contributed by atoms with Crippen LogP contribution in [0, 0.1) is 0 Å². The van der Waals surface area contributed by atoms with Gasteiger partial charge in [-0.25, -0.2) is 0 Å². The van der Waals surface area contributed by atoms with E-state index in [0.29, 0.717) is 0 Å². The normalized spacial score (nSPS) is 9.64. The second-order valence-electron chi connectivity index (χ2n) is 2.99. The fourth-order valence-electron chi connectivity index (χ4n) is 1.35.